The van der Waals surface area contributed by atoms with E-state index < -0.39 is 0 Å². The maximum Gasteiger partial charge on any atom is 0.270 e. The fourth-order valence-electron chi connectivity index (χ4n) is 2.52. The zero-order valence-electron chi connectivity index (χ0n) is 14.3. The predicted octanol–water partition coefficient (Wildman–Crippen LogP) is 2.89. The third kappa shape index (κ3) is 4.06. The van der Waals surface area contributed by atoms with Gasteiger partial charge in [0.1, 0.15) is 22.1 Å². The molecule has 0 fully saturated rings. The lowest BCUT2D eigenvalue weighted by molar-refractivity contribution is 0.0947. The van der Waals surface area contributed by atoms with Gasteiger partial charge in [-0.3, -0.25) is 19.4 Å². The Kier molecular flexibility index (Phi) is 4.97. The Morgan fingerprint density at radius 2 is 2.00 bits per heavy atom. The number of nitrogens with zero attached hydrogens (tertiary/aromatic N) is 5. The molecule has 4 aromatic rings. The van der Waals surface area contributed by atoms with Gasteiger partial charge in [-0.05, 0) is 6.07 Å². The third-order valence-corrected chi connectivity index (χ3v) is 4.74. The Morgan fingerprint density at radius 3 is 2.81 bits per heavy atom. The molecule has 1 amide bonds. The summed E-state index contributed by atoms with van der Waals surface area (Å²) in [6.45, 7) is 1.01. The normalized spacial score (nSPS) is 10.7. The summed E-state index contributed by atoms with van der Waals surface area (Å²) in [6, 6.07) is 11.7. The molecule has 0 radical (unpaired) electrons. The molecule has 4 rings (SSSR count). The zero-order valence-corrected chi connectivity index (χ0v) is 15.1. The maximum atomic E-state index is 12.3. The van der Waals surface area contributed by atoms with Crippen molar-refractivity contribution in [3.63, 3.8) is 0 Å². The van der Waals surface area contributed by atoms with Crippen molar-refractivity contribution < 1.29 is 4.79 Å². The molecule has 1 N–H and O–H groups in total. The molecule has 0 saturated carbocycles. The first-order chi connectivity index (χ1) is 13.3. The number of nitrogens with one attached hydrogen (secondary N) is 1. The van der Waals surface area contributed by atoms with Gasteiger partial charge < -0.3 is 5.32 Å². The molecule has 0 spiro atoms. The number of carbonyl (C=O) groups excluding carboxylic acids is 1. The van der Waals surface area contributed by atoms with Crippen LogP contribution in [0.5, 0.6) is 0 Å². The van der Waals surface area contributed by atoms with Crippen LogP contribution < -0.4 is 5.32 Å². The highest BCUT2D eigenvalue weighted by molar-refractivity contribution is 7.13. The number of hydrogen-bond acceptors (Lipinski definition) is 6. The molecule has 0 bridgehead atoms. The van der Waals surface area contributed by atoms with E-state index in [-0.39, 0.29) is 5.91 Å². The summed E-state index contributed by atoms with van der Waals surface area (Å²) in [6.07, 6.45) is 6.78. The van der Waals surface area contributed by atoms with E-state index >= 15 is 0 Å². The molecule has 0 atom stereocenters. The van der Waals surface area contributed by atoms with E-state index in [9.17, 15) is 4.79 Å². The molecule has 27 heavy (non-hydrogen) atoms. The molecular weight excluding hydrogens is 360 g/mol. The van der Waals surface area contributed by atoms with Gasteiger partial charge in [0, 0.05) is 36.1 Å². The number of amides is 1. The van der Waals surface area contributed by atoms with E-state index in [1.54, 1.807) is 28.7 Å². The van der Waals surface area contributed by atoms with Crippen LogP contribution in [0, 0.1) is 0 Å². The number of carbonyl (C=O) groups is 1. The smallest absolute Gasteiger partial charge is 0.270 e. The van der Waals surface area contributed by atoms with E-state index in [0.29, 0.717) is 18.8 Å². The van der Waals surface area contributed by atoms with Crippen molar-refractivity contribution in [2.45, 2.75) is 6.54 Å². The van der Waals surface area contributed by atoms with Crippen LogP contribution in [-0.2, 0) is 6.54 Å². The Bertz CT molecular complexity index is 1030. The van der Waals surface area contributed by atoms with Gasteiger partial charge in [-0.1, -0.05) is 30.3 Å². The van der Waals surface area contributed by atoms with Crippen LogP contribution in [0.25, 0.3) is 22.0 Å². The van der Waals surface area contributed by atoms with Crippen molar-refractivity contribution in [2.24, 2.45) is 0 Å². The van der Waals surface area contributed by atoms with Gasteiger partial charge in [0.05, 0.1) is 12.7 Å². The molecule has 0 saturated heterocycles. The van der Waals surface area contributed by atoms with E-state index in [4.69, 9.17) is 0 Å². The first-order valence-corrected chi connectivity index (χ1v) is 9.26. The molecule has 134 valence electrons. The van der Waals surface area contributed by atoms with Crippen LogP contribution in [0.3, 0.4) is 0 Å². The topological polar surface area (TPSA) is 85.6 Å². The molecule has 3 aromatic heterocycles. The van der Waals surface area contributed by atoms with Crippen molar-refractivity contribution in [1.82, 2.24) is 30.0 Å². The van der Waals surface area contributed by atoms with Gasteiger partial charge in [-0.15, -0.1) is 11.3 Å². The fraction of sp³-hybridized carbons (Fsp3) is 0.105. The van der Waals surface area contributed by atoms with Crippen molar-refractivity contribution in [1.29, 1.82) is 0 Å². The fourth-order valence-corrected chi connectivity index (χ4v) is 3.33. The maximum absolute atomic E-state index is 12.3. The van der Waals surface area contributed by atoms with Crippen LogP contribution in [0.15, 0.2) is 66.6 Å². The molecule has 3 heterocycles. The van der Waals surface area contributed by atoms with Crippen LogP contribution in [0.4, 0.5) is 0 Å². The molecule has 0 aliphatic rings. The van der Waals surface area contributed by atoms with Crippen LogP contribution in [0.2, 0.25) is 0 Å². The van der Waals surface area contributed by atoms with Gasteiger partial charge in [0.15, 0.2) is 0 Å². The lowest BCUT2D eigenvalue weighted by Crippen LogP contribution is -2.27. The Hall–Kier alpha value is -3.39. The summed E-state index contributed by atoms with van der Waals surface area (Å²) >= 11 is 1.46. The molecule has 0 aliphatic heterocycles. The minimum atomic E-state index is -0.185. The van der Waals surface area contributed by atoms with Crippen molar-refractivity contribution in [3.8, 4) is 22.0 Å². The van der Waals surface area contributed by atoms with E-state index in [0.717, 1.165) is 22.0 Å². The first kappa shape index (κ1) is 17.0. The molecule has 7 nitrogen and oxygen atoms in total. The number of thiazole rings is 1. The van der Waals surface area contributed by atoms with Gasteiger partial charge in [-0.2, -0.15) is 5.10 Å². The average Bonchev–Trinajstić information content (AvgIpc) is 3.39. The number of aromatic nitrogens is 5. The van der Waals surface area contributed by atoms with Gasteiger partial charge >= 0.3 is 0 Å². The monoisotopic (exact) mass is 376 g/mol. The van der Waals surface area contributed by atoms with E-state index in [1.807, 2.05) is 42.6 Å². The molecular formula is C19H16N6OS. The van der Waals surface area contributed by atoms with Crippen LogP contribution in [0.1, 0.15) is 10.5 Å². The Labute approximate surface area is 159 Å². The van der Waals surface area contributed by atoms with Gasteiger partial charge in [0.2, 0.25) is 0 Å². The molecule has 8 heteroatoms. The summed E-state index contributed by atoms with van der Waals surface area (Å²) in [7, 11) is 0. The highest BCUT2D eigenvalue weighted by atomic mass is 32.1. The SMILES string of the molecule is O=C(NCCn1ccc(-c2cnccn2)n1)c1csc(-c2ccccc2)n1. The summed E-state index contributed by atoms with van der Waals surface area (Å²) in [5.74, 6) is -0.185. The Balaban J connectivity index is 1.33. The van der Waals surface area contributed by atoms with Crippen molar-refractivity contribution >= 4 is 17.2 Å². The second kappa shape index (κ2) is 7.88. The molecule has 1 aromatic carbocycles. The van der Waals surface area contributed by atoms with Crippen LogP contribution in [-0.4, -0.2) is 37.2 Å². The van der Waals surface area contributed by atoms with E-state index in [1.165, 1.54) is 11.3 Å². The lowest BCUT2D eigenvalue weighted by atomic mass is 10.2. The summed E-state index contributed by atoms with van der Waals surface area (Å²) in [5, 5.41) is 9.93. The highest BCUT2D eigenvalue weighted by Crippen LogP contribution is 2.23. The number of benzene rings is 1. The van der Waals surface area contributed by atoms with Gasteiger partial charge in [-0.25, -0.2) is 4.98 Å². The third-order valence-electron chi connectivity index (χ3n) is 3.85. The largest absolute Gasteiger partial charge is 0.349 e. The number of rotatable bonds is 6. The first-order valence-electron chi connectivity index (χ1n) is 8.38. The number of hydrogen-bond donors (Lipinski definition) is 1. The average molecular weight is 376 g/mol. The summed E-state index contributed by atoms with van der Waals surface area (Å²) < 4.78 is 1.76. The van der Waals surface area contributed by atoms with Gasteiger partial charge in [0.25, 0.3) is 5.91 Å². The highest BCUT2D eigenvalue weighted by Gasteiger charge is 2.11. The summed E-state index contributed by atoms with van der Waals surface area (Å²) in [5.41, 5.74) is 2.91. The Morgan fingerprint density at radius 1 is 1.11 bits per heavy atom. The predicted molar refractivity (Wildman–Crippen MR) is 103 cm³/mol. The second-order valence-electron chi connectivity index (χ2n) is 5.71. The minimum Gasteiger partial charge on any atom is -0.349 e. The standard InChI is InChI=1S/C19H16N6OS/c26-18(17-13-27-19(23-17)14-4-2-1-3-5-14)22-9-11-25-10-6-15(24-25)16-12-20-7-8-21-16/h1-8,10,12-13H,9,11H2,(H,22,26). The van der Waals surface area contributed by atoms with Crippen molar-refractivity contribution in [2.75, 3.05) is 6.54 Å². The second-order valence-corrected chi connectivity index (χ2v) is 6.57. The summed E-state index contributed by atoms with van der Waals surface area (Å²) in [4.78, 5) is 25.0. The van der Waals surface area contributed by atoms with Crippen molar-refractivity contribution in [3.05, 3.63) is 72.3 Å². The molecule has 0 unspecified atom stereocenters. The minimum absolute atomic E-state index is 0.185. The quantitative estimate of drug-likeness (QED) is 0.559. The van der Waals surface area contributed by atoms with Crippen LogP contribution >= 0.6 is 11.3 Å². The molecule has 0 aliphatic carbocycles. The lowest BCUT2D eigenvalue weighted by Gasteiger charge is -2.03. The zero-order chi connectivity index (χ0) is 18.5. The van der Waals surface area contributed by atoms with E-state index in [2.05, 4.69) is 25.4 Å².